The van der Waals surface area contributed by atoms with E-state index in [1.54, 1.807) is 0 Å². The van der Waals surface area contributed by atoms with Crippen LogP contribution in [0.3, 0.4) is 0 Å². The van der Waals surface area contributed by atoms with Gasteiger partial charge >= 0.3 is 0 Å². The molecule has 0 unspecified atom stereocenters. The van der Waals surface area contributed by atoms with Crippen molar-refractivity contribution in [3.05, 3.63) is 34.3 Å². The van der Waals surface area contributed by atoms with E-state index in [2.05, 4.69) is 39.0 Å². The van der Waals surface area contributed by atoms with Crippen molar-refractivity contribution in [2.75, 3.05) is 13.1 Å². The Morgan fingerprint density at radius 1 is 1.31 bits per heavy atom. The number of nitrogens with zero attached hydrogens (tertiary/aromatic N) is 1. The fraction of sp³-hybridized carbons (Fsp3) is 0.538. The van der Waals surface area contributed by atoms with Gasteiger partial charge in [0.15, 0.2) is 0 Å². The molecule has 0 spiro atoms. The normalized spacial score (nSPS) is 24.1. The third-order valence-electron chi connectivity index (χ3n) is 3.68. The highest BCUT2D eigenvalue weighted by atomic mass is 79.9. The van der Waals surface area contributed by atoms with E-state index in [4.69, 9.17) is 0 Å². The monoisotopic (exact) mass is 281 g/mol. The Kier molecular flexibility index (Phi) is 2.57. The van der Waals surface area contributed by atoms with Gasteiger partial charge in [-0.2, -0.15) is 0 Å². The average Bonchev–Trinajstić information content (AvgIpc) is 3.02. The zero-order chi connectivity index (χ0) is 11.2. The Bertz CT molecular complexity index is 397. The maximum Gasteiger partial charge on any atom is 0.0928 e. The minimum Gasteiger partial charge on any atom is -0.387 e. The lowest BCUT2D eigenvalue weighted by Crippen LogP contribution is -2.62. The van der Waals surface area contributed by atoms with Crippen LogP contribution in [0.25, 0.3) is 0 Å². The molecule has 1 aliphatic carbocycles. The van der Waals surface area contributed by atoms with E-state index >= 15 is 0 Å². The molecule has 0 atom stereocenters. The first-order valence-electron chi connectivity index (χ1n) is 5.85. The first-order chi connectivity index (χ1) is 7.67. The first-order valence-corrected chi connectivity index (χ1v) is 6.65. The van der Waals surface area contributed by atoms with Crippen LogP contribution in [-0.2, 0) is 6.54 Å². The number of hydrogen-bond acceptors (Lipinski definition) is 2. The number of halogens is 1. The summed E-state index contributed by atoms with van der Waals surface area (Å²) in [5.74, 6) is 0.586. The second kappa shape index (κ2) is 3.83. The van der Waals surface area contributed by atoms with Crippen LogP contribution in [0.4, 0.5) is 0 Å². The maximum atomic E-state index is 10.2. The summed E-state index contributed by atoms with van der Waals surface area (Å²) in [6.45, 7) is 2.63. The van der Waals surface area contributed by atoms with Gasteiger partial charge in [0.1, 0.15) is 0 Å². The van der Waals surface area contributed by atoms with Crippen LogP contribution in [0, 0.1) is 5.92 Å². The zero-order valence-electron chi connectivity index (χ0n) is 9.19. The fourth-order valence-corrected chi connectivity index (χ4v) is 3.00. The van der Waals surface area contributed by atoms with Crippen molar-refractivity contribution >= 4 is 15.9 Å². The predicted molar refractivity (Wildman–Crippen MR) is 67.1 cm³/mol. The molecule has 1 N–H and O–H groups in total. The molecule has 0 aromatic heterocycles. The number of rotatable bonds is 3. The highest BCUT2D eigenvalue weighted by molar-refractivity contribution is 9.10. The van der Waals surface area contributed by atoms with Crippen LogP contribution < -0.4 is 0 Å². The summed E-state index contributed by atoms with van der Waals surface area (Å²) in [4.78, 5) is 2.32. The summed E-state index contributed by atoms with van der Waals surface area (Å²) >= 11 is 3.56. The first kappa shape index (κ1) is 10.8. The average molecular weight is 282 g/mol. The molecule has 86 valence electrons. The molecule has 1 aromatic carbocycles. The molecule has 0 amide bonds. The van der Waals surface area contributed by atoms with Gasteiger partial charge in [0, 0.05) is 24.1 Å². The lowest BCUT2D eigenvalue weighted by Gasteiger charge is -2.47. The Labute approximate surface area is 104 Å². The molecule has 2 aliphatic rings. The van der Waals surface area contributed by atoms with Gasteiger partial charge in [0.25, 0.3) is 0 Å². The van der Waals surface area contributed by atoms with Gasteiger partial charge in [-0.1, -0.05) is 34.1 Å². The standard InChI is InChI=1S/C13H16BrNO/c14-12-4-2-1-3-10(12)7-15-8-13(16,9-15)11-5-6-11/h1-4,11,16H,5-9H2. The van der Waals surface area contributed by atoms with E-state index in [-0.39, 0.29) is 5.60 Å². The van der Waals surface area contributed by atoms with Gasteiger partial charge in [-0.3, -0.25) is 4.90 Å². The molecular formula is C13H16BrNO. The lowest BCUT2D eigenvalue weighted by atomic mass is 9.88. The third kappa shape index (κ3) is 1.92. The molecule has 3 rings (SSSR count). The van der Waals surface area contributed by atoms with Crippen molar-refractivity contribution in [3.8, 4) is 0 Å². The van der Waals surface area contributed by atoms with Crippen molar-refractivity contribution < 1.29 is 5.11 Å². The van der Waals surface area contributed by atoms with E-state index < -0.39 is 0 Å². The molecule has 1 saturated carbocycles. The molecule has 3 heteroatoms. The van der Waals surface area contributed by atoms with Crippen LogP contribution in [0.5, 0.6) is 0 Å². The molecular weight excluding hydrogens is 266 g/mol. The Morgan fingerprint density at radius 2 is 2.00 bits per heavy atom. The Hall–Kier alpha value is -0.380. The molecule has 1 heterocycles. The molecule has 1 aliphatic heterocycles. The summed E-state index contributed by atoms with van der Waals surface area (Å²) in [6, 6.07) is 8.30. The highest BCUT2D eigenvalue weighted by Gasteiger charge is 2.51. The van der Waals surface area contributed by atoms with E-state index in [1.807, 2.05) is 6.07 Å². The summed E-state index contributed by atoms with van der Waals surface area (Å²) in [5, 5.41) is 10.2. The van der Waals surface area contributed by atoms with Gasteiger partial charge in [-0.25, -0.2) is 0 Å². The lowest BCUT2D eigenvalue weighted by molar-refractivity contribution is -0.116. The molecule has 2 nitrogen and oxygen atoms in total. The third-order valence-corrected chi connectivity index (χ3v) is 4.46. The van der Waals surface area contributed by atoms with Crippen molar-refractivity contribution in [2.45, 2.75) is 25.0 Å². The zero-order valence-corrected chi connectivity index (χ0v) is 10.8. The SMILES string of the molecule is OC1(C2CC2)CN(Cc2ccccc2Br)C1. The van der Waals surface area contributed by atoms with Gasteiger partial charge in [-0.05, 0) is 30.4 Å². The van der Waals surface area contributed by atoms with Gasteiger partial charge in [0.2, 0.25) is 0 Å². The van der Waals surface area contributed by atoms with Crippen LogP contribution in [-0.4, -0.2) is 28.7 Å². The fourth-order valence-electron chi connectivity index (χ4n) is 2.59. The van der Waals surface area contributed by atoms with Crippen molar-refractivity contribution in [1.29, 1.82) is 0 Å². The molecule has 2 fully saturated rings. The van der Waals surface area contributed by atoms with Crippen LogP contribution in [0.15, 0.2) is 28.7 Å². The second-order valence-electron chi connectivity index (χ2n) is 5.11. The number of aliphatic hydroxyl groups is 1. The van der Waals surface area contributed by atoms with Gasteiger partial charge in [-0.15, -0.1) is 0 Å². The van der Waals surface area contributed by atoms with Crippen molar-refractivity contribution in [2.24, 2.45) is 5.92 Å². The molecule has 0 radical (unpaired) electrons. The predicted octanol–water partition coefficient (Wildman–Crippen LogP) is 2.41. The second-order valence-corrected chi connectivity index (χ2v) is 5.97. The van der Waals surface area contributed by atoms with E-state index in [1.165, 1.54) is 18.4 Å². The molecule has 1 aromatic rings. The van der Waals surface area contributed by atoms with E-state index in [0.29, 0.717) is 5.92 Å². The van der Waals surface area contributed by atoms with Crippen molar-refractivity contribution in [3.63, 3.8) is 0 Å². The van der Waals surface area contributed by atoms with Crippen LogP contribution >= 0.6 is 15.9 Å². The Morgan fingerprint density at radius 3 is 2.62 bits per heavy atom. The van der Waals surface area contributed by atoms with Gasteiger partial charge in [0.05, 0.1) is 5.60 Å². The summed E-state index contributed by atoms with van der Waals surface area (Å²) < 4.78 is 1.16. The summed E-state index contributed by atoms with van der Waals surface area (Å²) in [5.41, 5.74) is 0.946. The Balaban J connectivity index is 1.60. The van der Waals surface area contributed by atoms with E-state index in [9.17, 15) is 5.11 Å². The van der Waals surface area contributed by atoms with Crippen LogP contribution in [0.1, 0.15) is 18.4 Å². The summed E-state index contributed by atoms with van der Waals surface area (Å²) in [7, 11) is 0. The topological polar surface area (TPSA) is 23.5 Å². The number of β-amino-alcohol motifs (C(OH)–C–C–N with tert-alkyl or cyclic N) is 1. The van der Waals surface area contributed by atoms with Gasteiger partial charge < -0.3 is 5.11 Å². The number of benzene rings is 1. The molecule has 16 heavy (non-hydrogen) atoms. The van der Waals surface area contributed by atoms with Crippen molar-refractivity contribution in [1.82, 2.24) is 4.90 Å². The maximum absolute atomic E-state index is 10.2. The van der Waals surface area contributed by atoms with Crippen LogP contribution in [0.2, 0.25) is 0 Å². The van der Waals surface area contributed by atoms with E-state index in [0.717, 1.165) is 24.1 Å². The molecule has 1 saturated heterocycles. The number of likely N-dealkylation sites (tertiary alicyclic amines) is 1. The highest BCUT2D eigenvalue weighted by Crippen LogP contribution is 2.44. The molecule has 0 bridgehead atoms. The minimum absolute atomic E-state index is 0.360. The summed E-state index contributed by atoms with van der Waals surface area (Å²) in [6.07, 6.45) is 2.44. The number of hydrogen-bond donors (Lipinski definition) is 1. The largest absolute Gasteiger partial charge is 0.387 e. The quantitative estimate of drug-likeness (QED) is 0.920. The minimum atomic E-state index is -0.360. The smallest absolute Gasteiger partial charge is 0.0928 e.